The minimum Gasteiger partial charge on any atom is -0.352 e. The molecule has 0 rings (SSSR count). The zero-order chi connectivity index (χ0) is 11.9. The molecule has 0 amide bonds. The molecule has 0 aliphatic rings. The molecule has 0 saturated carbocycles. The van der Waals surface area contributed by atoms with Gasteiger partial charge in [-0.1, -0.05) is 34.1 Å². The summed E-state index contributed by atoms with van der Waals surface area (Å²) in [7, 11) is 0. The maximum atomic E-state index is 5.66. The Balaban J connectivity index is 4.20. The zero-order valence-electron chi connectivity index (χ0n) is 11.3. The van der Waals surface area contributed by atoms with Crippen LogP contribution in [-0.4, -0.2) is 19.5 Å². The molecule has 0 saturated heterocycles. The molecule has 0 fully saturated rings. The van der Waals surface area contributed by atoms with Crippen LogP contribution in [0.25, 0.3) is 0 Å². The lowest BCUT2D eigenvalue weighted by Crippen LogP contribution is -2.35. The SMILES string of the molecule is CCOC(OCC)C(C)(C)CCC(C)C. The van der Waals surface area contributed by atoms with Crippen molar-refractivity contribution in [1.82, 2.24) is 0 Å². The first-order valence-corrected chi connectivity index (χ1v) is 6.17. The van der Waals surface area contributed by atoms with Gasteiger partial charge in [0.15, 0.2) is 6.29 Å². The van der Waals surface area contributed by atoms with Gasteiger partial charge >= 0.3 is 0 Å². The van der Waals surface area contributed by atoms with E-state index in [1.807, 2.05) is 13.8 Å². The quantitative estimate of drug-likeness (QED) is 0.574. The van der Waals surface area contributed by atoms with E-state index >= 15 is 0 Å². The van der Waals surface area contributed by atoms with E-state index in [9.17, 15) is 0 Å². The van der Waals surface area contributed by atoms with Gasteiger partial charge in [-0.3, -0.25) is 0 Å². The van der Waals surface area contributed by atoms with Gasteiger partial charge in [-0.15, -0.1) is 0 Å². The normalized spacial score (nSPS) is 12.8. The fraction of sp³-hybridized carbons (Fsp3) is 1.00. The van der Waals surface area contributed by atoms with Crippen molar-refractivity contribution in [2.75, 3.05) is 13.2 Å². The molecule has 92 valence electrons. The van der Waals surface area contributed by atoms with Crippen LogP contribution in [0.5, 0.6) is 0 Å². The lowest BCUT2D eigenvalue weighted by Gasteiger charge is -2.34. The van der Waals surface area contributed by atoms with Crippen LogP contribution in [0.4, 0.5) is 0 Å². The van der Waals surface area contributed by atoms with Gasteiger partial charge in [0.2, 0.25) is 0 Å². The zero-order valence-corrected chi connectivity index (χ0v) is 11.3. The predicted octanol–water partition coefficient (Wildman–Crippen LogP) is 3.85. The second-order valence-electron chi connectivity index (χ2n) is 5.16. The van der Waals surface area contributed by atoms with Crippen molar-refractivity contribution in [2.24, 2.45) is 11.3 Å². The van der Waals surface area contributed by atoms with Gasteiger partial charge in [0.25, 0.3) is 0 Å². The third-order valence-electron chi connectivity index (χ3n) is 2.64. The number of ether oxygens (including phenoxy) is 2. The first kappa shape index (κ1) is 14.9. The van der Waals surface area contributed by atoms with Crippen molar-refractivity contribution in [2.45, 2.75) is 60.7 Å². The van der Waals surface area contributed by atoms with Gasteiger partial charge in [-0.2, -0.15) is 0 Å². The maximum absolute atomic E-state index is 5.66. The van der Waals surface area contributed by atoms with E-state index in [-0.39, 0.29) is 11.7 Å². The molecule has 0 unspecified atom stereocenters. The molecule has 0 aromatic heterocycles. The van der Waals surface area contributed by atoms with E-state index in [0.29, 0.717) is 0 Å². The summed E-state index contributed by atoms with van der Waals surface area (Å²) >= 11 is 0. The first-order chi connectivity index (χ1) is 6.94. The molecular formula is C13H28O2. The molecule has 0 radical (unpaired) electrons. The maximum Gasteiger partial charge on any atom is 0.162 e. The van der Waals surface area contributed by atoms with Crippen LogP contribution in [0.3, 0.4) is 0 Å². The van der Waals surface area contributed by atoms with Crippen LogP contribution in [-0.2, 0) is 9.47 Å². The standard InChI is InChI=1S/C13H28O2/c1-7-14-12(15-8-2)13(5,6)10-9-11(3)4/h11-12H,7-10H2,1-6H3. The Morgan fingerprint density at radius 1 is 1.00 bits per heavy atom. The summed E-state index contributed by atoms with van der Waals surface area (Å²) in [6.07, 6.45) is 2.31. The highest BCUT2D eigenvalue weighted by Gasteiger charge is 2.30. The molecule has 0 heterocycles. The number of rotatable bonds is 8. The van der Waals surface area contributed by atoms with Crippen molar-refractivity contribution in [1.29, 1.82) is 0 Å². The van der Waals surface area contributed by atoms with E-state index in [4.69, 9.17) is 9.47 Å². The van der Waals surface area contributed by atoms with Crippen molar-refractivity contribution < 1.29 is 9.47 Å². The van der Waals surface area contributed by atoms with E-state index < -0.39 is 0 Å². The molecule has 0 aromatic carbocycles. The Hall–Kier alpha value is -0.0800. The van der Waals surface area contributed by atoms with Crippen molar-refractivity contribution >= 4 is 0 Å². The van der Waals surface area contributed by atoms with E-state index in [2.05, 4.69) is 27.7 Å². The van der Waals surface area contributed by atoms with Crippen LogP contribution >= 0.6 is 0 Å². The first-order valence-electron chi connectivity index (χ1n) is 6.17. The van der Waals surface area contributed by atoms with Gasteiger partial charge in [0.1, 0.15) is 0 Å². The number of hydrogen-bond donors (Lipinski definition) is 0. The fourth-order valence-corrected chi connectivity index (χ4v) is 1.58. The second-order valence-corrected chi connectivity index (χ2v) is 5.16. The average Bonchev–Trinajstić information content (AvgIpc) is 2.15. The van der Waals surface area contributed by atoms with Gasteiger partial charge < -0.3 is 9.47 Å². The third kappa shape index (κ3) is 6.16. The Bertz CT molecular complexity index is 147. The summed E-state index contributed by atoms with van der Waals surface area (Å²) < 4.78 is 11.3. The van der Waals surface area contributed by atoms with Crippen LogP contribution in [0.1, 0.15) is 54.4 Å². The molecule has 0 atom stereocenters. The third-order valence-corrected chi connectivity index (χ3v) is 2.64. The molecule has 0 aliphatic heterocycles. The average molecular weight is 216 g/mol. The number of hydrogen-bond acceptors (Lipinski definition) is 2. The minimum absolute atomic E-state index is 0.0637. The van der Waals surface area contributed by atoms with Crippen LogP contribution in [0.2, 0.25) is 0 Å². The van der Waals surface area contributed by atoms with E-state index in [1.165, 1.54) is 6.42 Å². The molecular weight excluding hydrogens is 188 g/mol. The topological polar surface area (TPSA) is 18.5 Å². The summed E-state index contributed by atoms with van der Waals surface area (Å²) in [5, 5.41) is 0. The smallest absolute Gasteiger partial charge is 0.162 e. The van der Waals surface area contributed by atoms with E-state index in [1.54, 1.807) is 0 Å². The molecule has 0 bridgehead atoms. The molecule has 0 N–H and O–H groups in total. The Kier molecular flexibility index (Phi) is 7.20. The largest absolute Gasteiger partial charge is 0.352 e. The van der Waals surface area contributed by atoms with Gasteiger partial charge in [0, 0.05) is 18.6 Å². The van der Waals surface area contributed by atoms with Crippen molar-refractivity contribution in [3.05, 3.63) is 0 Å². The fourth-order valence-electron chi connectivity index (χ4n) is 1.58. The van der Waals surface area contributed by atoms with Gasteiger partial charge in [0.05, 0.1) is 0 Å². The van der Waals surface area contributed by atoms with E-state index in [0.717, 1.165) is 25.6 Å². The highest BCUT2D eigenvalue weighted by Crippen LogP contribution is 2.31. The Labute approximate surface area is 95.3 Å². The highest BCUT2D eigenvalue weighted by molar-refractivity contribution is 4.73. The highest BCUT2D eigenvalue weighted by atomic mass is 16.7. The molecule has 2 nitrogen and oxygen atoms in total. The van der Waals surface area contributed by atoms with Crippen LogP contribution in [0.15, 0.2) is 0 Å². The minimum atomic E-state index is -0.0637. The molecule has 0 aromatic rings. The van der Waals surface area contributed by atoms with Gasteiger partial charge in [-0.25, -0.2) is 0 Å². The Morgan fingerprint density at radius 3 is 1.80 bits per heavy atom. The lowest BCUT2D eigenvalue weighted by atomic mass is 9.84. The molecule has 0 spiro atoms. The van der Waals surface area contributed by atoms with Gasteiger partial charge in [-0.05, 0) is 26.2 Å². The lowest BCUT2D eigenvalue weighted by molar-refractivity contribution is -0.196. The van der Waals surface area contributed by atoms with Crippen LogP contribution < -0.4 is 0 Å². The summed E-state index contributed by atoms with van der Waals surface area (Å²) in [6.45, 7) is 14.4. The summed E-state index contributed by atoms with van der Waals surface area (Å²) in [5.74, 6) is 0.744. The molecule has 15 heavy (non-hydrogen) atoms. The van der Waals surface area contributed by atoms with Crippen molar-refractivity contribution in [3.63, 3.8) is 0 Å². The Morgan fingerprint density at radius 2 is 1.47 bits per heavy atom. The molecule has 0 aliphatic carbocycles. The monoisotopic (exact) mass is 216 g/mol. The second kappa shape index (κ2) is 7.24. The van der Waals surface area contributed by atoms with Crippen LogP contribution in [0, 0.1) is 11.3 Å². The summed E-state index contributed by atoms with van der Waals surface area (Å²) in [5.41, 5.74) is 0.107. The predicted molar refractivity (Wildman–Crippen MR) is 64.9 cm³/mol. The summed E-state index contributed by atoms with van der Waals surface area (Å²) in [6, 6.07) is 0. The molecule has 2 heteroatoms. The summed E-state index contributed by atoms with van der Waals surface area (Å²) in [4.78, 5) is 0. The van der Waals surface area contributed by atoms with Crippen molar-refractivity contribution in [3.8, 4) is 0 Å².